The van der Waals surface area contributed by atoms with Crippen LogP contribution >= 0.6 is 0 Å². The summed E-state index contributed by atoms with van der Waals surface area (Å²) in [4.78, 5) is 38.1. The monoisotopic (exact) mass is 343 g/mol. The molecule has 2 N–H and O–H groups in total. The zero-order chi connectivity index (χ0) is 18.3. The highest BCUT2D eigenvalue weighted by atomic mass is 16.3. The molecule has 0 heterocycles. The predicted octanol–water partition coefficient (Wildman–Crippen LogP) is 3.42. The summed E-state index contributed by atoms with van der Waals surface area (Å²) in [6.45, 7) is 0. The maximum atomic E-state index is 12.9. The highest BCUT2D eigenvalue weighted by Crippen LogP contribution is 2.37. The van der Waals surface area contributed by atoms with E-state index in [1.807, 2.05) is 0 Å². The van der Waals surface area contributed by atoms with E-state index in [0.29, 0.717) is 11.1 Å². The van der Waals surface area contributed by atoms with Crippen LogP contribution in [-0.2, 0) is 0 Å². The minimum Gasteiger partial charge on any atom is -0.506 e. The van der Waals surface area contributed by atoms with Crippen molar-refractivity contribution >= 4 is 23.2 Å². The molecule has 26 heavy (non-hydrogen) atoms. The van der Waals surface area contributed by atoms with Crippen molar-refractivity contribution in [1.29, 1.82) is 0 Å². The number of amides is 1. The first kappa shape index (κ1) is 15.8. The third-order valence-corrected chi connectivity index (χ3v) is 4.35. The molecule has 3 aromatic carbocycles. The second-order valence-electron chi connectivity index (χ2n) is 5.91. The standard InChI is InChI=1S/C21H13NO4/c23-16-11-10-15-17(18(16)22-21(26)12-6-2-1-3-7-12)20(25)14-9-5-4-8-13(14)19(15)24/h1-11,23H,(H,22,26). The predicted molar refractivity (Wildman–Crippen MR) is 95.8 cm³/mol. The Kier molecular flexibility index (Phi) is 3.62. The summed E-state index contributed by atoms with van der Waals surface area (Å²) in [5.74, 6) is -1.47. The second-order valence-corrected chi connectivity index (χ2v) is 5.91. The molecule has 4 rings (SSSR count). The lowest BCUT2D eigenvalue weighted by Gasteiger charge is -2.21. The summed E-state index contributed by atoms with van der Waals surface area (Å²) >= 11 is 0. The Morgan fingerprint density at radius 2 is 1.35 bits per heavy atom. The number of aromatic hydroxyl groups is 1. The van der Waals surface area contributed by atoms with E-state index in [2.05, 4.69) is 5.32 Å². The van der Waals surface area contributed by atoms with Gasteiger partial charge in [0, 0.05) is 22.3 Å². The van der Waals surface area contributed by atoms with Gasteiger partial charge in [0.2, 0.25) is 0 Å². The third-order valence-electron chi connectivity index (χ3n) is 4.35. The van der Waals surface area contributed by atoms with E-state index in [-0.39, 0.29) is 33.9 Å². The number of hydrogen-bond acceptors (Lipinski definition) is 4. The summed E-state index contributed by atoms with van der Waals surface area (Å²) < 4.78 is 0. The molecule has 5 nitrogen and oxygen atoms in total. The molecule has 1 aliphatic rings. The van der Waals surface area contributed by atoms with Gasteiger partial charge in [0.15, 0.2) is 11.6 Å². The van der Waals surface area contributed by atoms with Gasteiger partial charge in [-0.15, -0.1) is 0 Å². The van der Waals surface area contributed by atoms with Crippen molar-refractivity contribution in [2.45, 2.75) is 0 Å². The van der Waals surface area contributed by atoms with Crippen LogP contribution in [-0.4, -0.2) is 22.6 Å². The topological polar surface area (TPSA) is 83.5 Å². The zero-order valence-electron chi connectivity index (χ0n) is 13.5. The van der Waals surface area contributed by atoms with Crippen molar-refractivity contribution in [2.24, 2.45) is 0 Å². The normalized spacial score (nSPS) is 12.3. The van der Waals surface area contributed by atoms with E-state index in [1.54, 1.807) is 54.6 Å². The lowest BCUT2D eigenvalue weighted by molar-refractivity contribution is 0.0978. The van der Waals surface area contributed by atoms with Crippen molar-refractivity contribution < 1.29 is 19.5 Å². The van der Waals surface area contributed by atoms with Crippen molar-refractivity contribution in [1.82, 2.24) is 0 Å². The average molecular weight is 343 g/mol. The van der Waals surface area contributed by atoms with Gasteiger partial charge in [0.25, 0.3) is 5.91 Å². The molecule has 1 aliphatic carbocycles. The molecule has 0 saturated heterocycles. The van der Waals surface area contributed by atoms with E-state index in [9.17, 15) is 19.5 Å². The molecule has 0 aromatic heterocycles. The van der Waals surface area contributed by atoms with Gasteiger partial charge in [-0.25, -0.2) is 0 Å². The van der Waals surface area contributed by atoms with Crippen molar-refractivity contribution in [3.63, 3.8) is 0 Å². The fourth-order valence-electron chi connectivity index (χ4n) is 3.08. The first-order chi connectivity index (χ1) is 12.6. The van der Waals surface area contributed by atoms with Crippen LogP contribution in [0.3, 0.4) is 0 Å². The fourth-order valence-corrected chi connectivity index (χ4v) is 3.08. The smallest absolute Gasteiger partial charge is 0.255 e. The number of hydrogen-bond donors (Lipinski definition) is 2. The van der Waals surface area contributed by atoms with Crippen LogP contribution in [0.5, 0.6) is 5.75 Å². The van der Waals surface area contributed by atoms with Crippen LogP contribution in [0.25, 0.3) is 0 Å². The van der Waals surface area contributed by atoms with Crippen LogP contribution in [0.15, 0.2) is 66.7 Å². The Labute approximate surface area is 148 Å². The lowest BCUT2D eigenvalue weighted by atomic mass is 9.83. The van der Waals surface area contributed by atoms with Gasteiger partial charge in [-0.2, -0.15) is 0 Å². The molecule has 0 atom stereocenters. The molecule has 126 valence electrons. The van der Waals surface area contributed by atoms with Gasteiger partial charge < -0.3 is 10.4 Å². The second kappa shape index (κ2) is 5.97. The van der Waals surface area contributed by atoms with Crippen molar-refractivity contribution in [3.8, 4) is 5.75 Å². The molecule has 0 fully saturated rings. The van der Waals surface area contributed by atoms with Gasteiger partial charge in [0.05, 0.1) is 11.3 Å². The molecule has 0 aliphatic heterocycles. The van der Waals surface area contributed by atoms with Crippen LogP contribution < -0.4 is 5.32 Å². The zero-order valence-corrected chi connectivity index (χ0v) is 13.5. The van der Waals surface area contributed by atoms with Gasteiger partial charge >= 0.3 is 0 Å². The van der Waals surface area contributed by atoms with Crippen LogP contribution in [0.2, 0.25) is 0 Å². The summed E-state index contributed by atoms with van der Waals surface area (Å²) in [6.07, 6.45) is 0. The Morgan fingerprint density at radius 3 is 2.04 bits per heavy atom. The number of nitrogens with one attached hydrogen (secondary N) is 1. The molecule has 0 bridgehead atoms. The summed E-state index contributed by atoms with van der Waals surface area (Å²) in [5.41, 5.74) is 1.07. The fraction of sp³-hybridized carbons (Fsp3) is 0. The van der Waals surface area contributed by atoms with E-state index >= 15 is 0 Å². The molecular formula is C21H13NO4. The molecule has 0 saturated carbocycles. The molecule has 0 radical (unpaired) electrons. The van der Waals surface area contributed by atoms with E-state index in [1.165, 1.54) is 12.1 Å². The molecular weight excluding hydrogens is 330 g/mol. The first-order valence-electron chi connectivity index (χ1n) is 7.98. The minimum atomic E-state index is -0.478. The van der Waals surface area contributed by atoms with E-state index < -0.39 is 11.7 Å². The minimum absolute atomic E-state index is 0.0120. The number of benzene rings is 3. The third kappa shape index (κ3) is 2.38. The molecule has 0 unspecified atom stereocenters. The van der Waals surface area contributed by atoms with Gasteiger partial charge in [0.1, 0.15) is 5.75 Å². The summed E-state index contributed by atoms with van der Waals surface area (Å²) in [6, 6.07) is 17.6. The van der Waals surface area contributed by atoms with Gasteiger partial charge in [-0.3, -0.25) is 14.4 Å². The number of carbonyl (C=O) groups is 3. The summed E-state index contributed by atoms with van der Waals surface area (Å²) in [7, 11) is 0. The van der Waals surface area contributed by atoms with Crippen LogP contribution in [0.1, 0.15) is 42.2 Å². The maximum Gasteiger partial charge on any atom is 0.255 e. The van der Waals surface area contributed by atoms with Gasteiger partial charge in [-0.1, -0.05) is 42.5 Å². The number of rotatable bonds is 2. The number of carbonyl (C=O) groups excluding carboxylic acids is 3. The number of fused-ring (bicyclic) bond motifs is 2. The molecule has 5 heteroatoms. The number of phenols is 1. The highest BCUT2D eigenvalue weighted by Gasteiger charge is 2.33. The average Bonchev–Trinajstić information content (AvgIpc) is 2.68. The lowest BCUT2D eigenvalue weighted by Crippen LogP contribution is -2.24. The number of phenolic OH excluding ortho intramolecular Hbond substituents is 1. The van der Waals surface area contributed by atoms with Gasteiger partial charge in [-0.05, 0) is 24.3 Å². The quantitative estimate of drug-likeness (QED) is 0.546. The number of anilines is 1. The first-order valence-corrected chi connectivity index (χ1v) is 7.98. The molecule has 1 amide bonds. The Balaban J connectivity index is 1.84. The Hall–Kier alpha value is -3.73. The molecule has 3 aromatic rings. The van der Waals surface area contributed by atoms with Crippen molar-refractivity contribution in [2.75, 3.05) is 5.32 Å². The van der Waals surface area contributed by atoms with E-state index in [0.717, 1.165) is 0 Å². The largest absolute Gasteiger partial charge is 0.506 e. The van der Waals surface area contributed by atoms with Crippen LogP contribution in [0.4, 0.5) is 5.69 Å². The molecule has 0 spiro atoms. The summed E-state index contributed by atoms with van der Waals surface area (Å²) in [5, 5.41) is 12.8. The maximum absolute atomic E-state index is 12.9. The van der Waals surface area contributed by atoms with E-state index in [4.69, 9.17) is 0 Å². The SMILES string of the molecule is O=C(Nc1c(O)ccc2c1C(=O)c1ccccc1C2=O)c1ccccc1. The Bertz CT molecular complexity index is 1070. The highest BCUT2D eigenvalue weighted by molar-refractivity contribution is 6.31. The Morgan fingerprint density at radius 1 is 0.731 bits per heavy atom. The van der Waals surface area contributed by atoms with Crippen LogP contribution in [0, 0.1) is 0 Å². The van der Waals surface area contributed by atoms with Crippen molar-refractivity contribution in [3.05, 3.63) is 94.5 Å². The number of ketones is 2.